The summed E-state index contributed by atoms with van der Waals surface area (Å²) in [4.78, 5) is 51.8. The molecule has 2 aromatic carbocycles. The van der Waals surface area contributed by atoms with Crippen molar-refractivity contribution in [3.05, 3.63) is 71.8 Å². The van der Waals surface area contributed by atoms with Crippen molar-refractivity contribution in [2.75, 3.05) is 13.1 Å². The molecule has 0 aromatic heterocycles. The molecular weight excluding hydrogens is 1250 g/mol. The van der Waals surface area contributed by atoms with Gasteiger partial charge in [-0.2, -0.15) is 0 Å². The molecule has 8 heteroatoms. The molecular formula is C94H168N2O6. The first-order valence-corrected chi connectivity index (χ1v) is 44.9. The fraction of sp³-hybridized carbons (Fsp3) is 0.830. The minimum Gasteiger partial charge on any atom is -0.461 e. The van der Waals surface area contributed by atoms with Gasteiger partial charge < -0.3 is 20.1 Å². The Morgan fingerprint density at radius 3 is 0.980 bits per heavy atom. The van der Waals surface area contributed by atoms with Crippen molar-refractivity contribution in [3.8, 4) is 0 Å². The van der Waals surface area contributed by atoms with Gasteiger partial charge in [0.25, 0.3) is 0 Å². The number of ketones is 2. The highest BCUT2D eigenvalue weighted by Crippen LogP contribution is 2.36. The van der Waals surface area contributed by atoms with Gasteiger partial charge in [-0.05, 0) is 80.8 Å². The van der Waals surface area contributed by atoms with Crippen LogP contribution in [0.5, 0.6) is 0 Å². The molecule has 0 aliphatic carbocycles. The Kier molecular flexibility index (Phi) is 64.4. The third-order valence-electron chi connectivity index (χ3n) is 23.3. The minimum atomic E-state index is -0.546. The predicted octanol–water partition coefficient (Wildman–Crippen LogP) is 28.3. The van der Waals surface area contributed by atoms with Crippen LogP contribution < -0.4 is 10.6 Å². The van der Waals surface area contributed by atoms with E-state index < -0.39 is 5.54 Å². The van der Waals surface area contributed by atoms with Gasteiger partial charge in [0, 0.05) is 38.8 Å². The van der Waals surface area contributed by atoms with Gasteiger partial charge in [0.1, 0.15) is 12.7 Å². The molecule has 0 saturated carbocycles. The Bertz CT molecular complexity index is 2170. The lowest BCUT2D eigenvalue weighted by molar-refractivity contribution is -0.145. The van der Waals surface area contributed by atoms with Crippen molar-refractivity contribution in [1.29, 1.82) is 0 Å². The average Bonchev–Trinajstić information content (AvgIpc) is 0.898. The lowest BCUT2D eigenvalue weighted by atomic mass is 9.78. The lowest BCUT2D eigenvalue weighted by Gasteiger charge is -2.28. The molecule has 0 fully saturated rings. The molecule has 6 unspecified atom stereocenters. The van der Waals surface area contributed by atoms with Crippen LogP contribution >= 0.6 is 0 Å². The second-order valence-corrected chi connectivity index (χ2v) is 32.3. The van der Waals surface area contributed by atoms with Crippen LogP contribution in [0.1, 0.15) is 451 Å². The Balaban J connectivity index is 1.73. The molecule has 8 nitrogen and oxygen atoms in total. The average molecular weight is 1420 g/mol. The zero-order valence-corrected chi connectivity index (χ0v) is 68.6. The Morgan fingerprint density at radius 2 is 0.637 bits per heavy atom. The van der Waals surface area contributed by atoms with E-state index in [1.165, 1.54) is 308 Å². The number of carbonyl (C=O) groups is 4. The highest BCUT2D eigenvalue weighted by atomic mass is 16.5. The maximum absolute atomic E-state index is 13.7. The van der Waals surface area contributed by atoms with Crippen LogP contribution in [0.15, 0.2) is 60.7 Å². The van der Waals surface area contributed by atoms with E-state index in [0.29, 0.717) is 57.8 Å². The topological polar surface area (TPSA) is 111 Å². The van der Waals surface area contributed by atoms with Crippen molar-refractivity contribution < 1.29 is 28.7 Å². The van der Waals surface area contributed by atoms with Crippen LogP contribution in [0.4, 0.5) is 0 Å². The van der Waals surface area contributed by atoms with Crippen molar-refractivity contribution >= 4 is 23.4 Å². The number of nitrogens with one attached hydrogen (secondary N) is 2. The number of hydrogen-bond acceptors (Lipinski definition) is 7. The van der Waals surface area contributed by atoms with Crippen LogP contribution in [0.25, 0.3) is 0 Å². The first kappa shape index (κ1) is 94.7. The summed E-state index contributed by atoms with van der Waals surface area (Å²) < 4.78 is 11.4. The molecule has 102 heavy (non-hydrogen) atoms. The monoisotopic (exact) mass is 1420 g/mol. The van der Waals surface area contributed by atoms with Gasteiger partial charge in [0.15, 0.2) is 11.6 Å². The van der Waals surface area contributed by atoms with Gasteiger partial charge in [0.2, 0.25) is 5.91 Å². The van der Waals surface area contributed by atoms with Crippen LogP contribution in [0.2, 0.25) is 0 Å². The highest BCUT2D eigenvalue weighted by Gasteiger charge is 2.30. The molecule has 0 heterocycles. The van der Waals surface area contributed by atoms with E-state index in [2.05, 4.69) is 64.3 Å². The summed E-state index contributed by atoms with van der Waals surface area (Å²) in [5, 5.41) is 6.74. The lowest BCUT2D eigenvalue weighted by Crippen LogP contribution is -2.51. The van der Waals surface area contributed by atoms with Crippen LogP contribution in [-0.4, -0.2) is 48.2 Å². The molecule has 0 saturated heterocycles. The summed E-state index contributed by atoms with van der Waals surface area (Å²) in [5.41, 5.74) is 1.62. The molecule has 0 bridgehead atoms. The number of unbranched alkanes of at least 4 members (excludes halogenated alkanes) is 40. The number of amides is 1. The van der Waals surface area contributed by atoms with Crippen LogP contribution in [0.3, 0.4) is 0 Å². The summed E-state index contributed by atoms with van der Waals surface area (Å²) in [6.07, 6.45) is 76.1. The largest absolute Gasteiger partial charge is 0.461 e. The smallest absolute Gasteiger partial charge is 0.306 e. The summed E-state index contributed by atoms with van der Waals surface area (Å²) in [5.74, 6) is 4.07. The minimum absolute atomic E-state index is 0.0685. The maximum atomic E-state index is 13.7. The van der Waals surface area contributed by atoms with E-state index in [4.69, 9.17) is 9.47 Å². The van der Waals surface area contributed by atoms with Crippen LogP contribution in [-0.2, 0) is 41.9 Å². The quantitative estimate of drug-likeness (QED) is 0.0501. The Labute approximate surface area is 632 Å². The number of ether oxygens (including phenoxy) is 2. The molecule has 590 valence electrons. The normalized spacial score (nSPS) is 13.8. The second-order valence-electron chi connectivity index (χ2n) is 32.3. The molecule has 2 rings (SSSR count). The van der Waals surface area contributed by atoms with Crippen molar-refractivity contribution in [1.82, 2.24) is 10.6 Å². The first-order chi connectivity index (χ1) is 50.0. The molecule has 0 spiro atoms. The van der Waals surface area contributed by atoms with Crippen LogP contribution in [0, 0.1) is 23.7 Å². The van der Waals surface area contributed by atoms with E-state index in [9.17, 15) is 19.2 Å². The third kappa shape index (κ3) is 54.3. The van der Waals surface area contributed by atoms with Gasteiger partial charge >= 0.3 is 5.97 Å². The molecule has 2 aromatic rings. The molecule has 0 radical (unpaired) electrons. The SMILES string of the molecule is CCCCCCCCC(CCCCCCCCC(=O)NCCNC(C)(CC)C(=O)CCCCCCCCC(CCCCCCCC)C(CCCCCCCC)CCCCCCCCC(=O)OCc1ccccc1)C(CCCCCCCC)CCCCCCCCC(=O)C(C)OCc1ccccc1. The Morgan fingerprint density at radius 1 is 0.343 bits per heavy atom. The van der Waals surface area contributed by atoms with E-state index in [1.54, 1.807) is 0 Å². The summed E-state index contributed by atoms with van der Waals surface area (Å²) in [7, 11) is 0. The molecule has 6 atom stereocenters. The number of esters is 1. The number of hydrogen-bond donors (Lipinski definition) is 2. The molecule has 2 N–H and O–H groups in total. The van der Waals surface area contributed by atoms with Crippen molar-refractivity contribution in [3.63, 3.8) is 0 Å². The number of benzene rings is 2. The number of carbonyl (C=O) groups excluding carboxylic acids is 4. The molecule has 0 aliphatic rings. The number of Topliss-reactive ketones (excluding diaryl/α,β-unsaturated/α-hetero) is 2. The zero-order chi connectivity index (χ0) is 73.7. The Hall–Kier alpha value is -3.36. The van der Waals surface area contributed by atoms with Crippen molar-refractivity contribution in [2.24, 2.45) is 23.7 Å². The first-order valence-electron chi connectivity index (χ1n) is 44.9. The highest BCUT2D eigenvalue weighted by molar-refractivity contribution is 5.88. The van der Waals surface area contributed by atoms with Crippen molar-refractivity contribution in [2.45, 2.75) is 465 Å². The van der Waals surface area contributed by atoms with E-state index in [0.717, 1.165) is 92.6 Å². The summed E-state index contributed by atoms with van der Waals surface area (Å²) in [6.45, 7) is 17.5. The van der Waals surface area contributed by atoms with Gasteiger partial charge in [0.05, 0.1) is 12.1 Å². The summed E-state index contributed by atoms with van der Waals surface area (Å²) in [6, 6.07) is 20.1. The van der Waals surface area contributed by atoms with Gasteiger partial charge in [-0.1, -0.05) is 429 Å². The summed E-state index contributed by atoms with van der Waals surface area (Å²) >= 11 is 0. The number of rotatable bonds is 78. The standard InChI is InChI=1S/C94H168N2O6/c1-8-13-17-21-33-51-67-86(71-55-37-25-29-41-59-75-90(97)83(6)101-81-84-63-47-45-48-64-84)88(69-53-35-23-19-15-10-3)73-57-39-27-31-43-61-77-92(99)95-79-80-96-94(7,12-5)91(98)76-60-42-30-26-38-56-72-87(68-52-34-22-18-14-9-2)89(70-54-36-24-20-16-11-4)74-58-40-28-32-44-62-78-93(100)102-82-85-65-49-46-50-66-85/h45-50,63-66,83,86-89,96H,8-44,51-62,67-82H2,1-7H3,(H,95,99). The maximum Gasteiger partial charge on any atom is 0.306 e. The fourth-order valence-electron chi connectivity index (χ4n) is 16.0. The third-order valence-corrected chi connectivity index (χ3v) is 23.3. The van der Waals surface area contributed by atoms with E-state index >= 15 is 0 Å². The van der Waals surface area contributed by atoms with E-state index in [-0.39, 0.29) is 23.8 Å². The zero-order valence-electron chi connectivity index (χ0n) is 68.6. The van der Waals surface area contributed by atoms with Gasteiger partial charge in [-0.25, -0.2) is 0 Å². The second kappa shape index (κ2) is 69.4. The fourth-order valence-corrected chi connectivity index (χ4v) is 16.0. The van der Waals surface area contributed by atoms with Gasteiger partial charge in [-0.3, -0.25) is 19.2 Å². The van der Waals surface area contributed by atoms with E-state index in [1.807, 2.05) is 55.5 Å². The van der Waals surface area contributed by atoms with Gasteiger partial charge in [-0.15, -0.1) is 0 Å². The predicted molar refractivity (Wildman–Crippen MR) is 440 cm³/mol. The molecule has 0 aliphatic heterocycles. The molecule has 1 amide bonds.